The van der Waals surface area contributed by atoms with Crippen LogP contribution in [-0.4, -0.2) is 26.6 Å². The van der Waals surface area contributed by atoms with Crippen molar-refractivity contribution in [2.24, 2.45) is 0 Å². The summed E-state index contributed by atoms with van der Waals surface area (Å²) >= 11 is 0. The number of para-hydroxylation sites is 3. The Hall–Kier alpha value is -5.37. The highest BCUT2D eigenvalue weighted by Gasteiger charge is 2.17. The van der Waals surface area contributed by atoms with Gasteiger partial charge in [0.15, 0.2) is 17.0 Å². The third kappa shape index (κ3) is 5.56. The van der Waals surface area contributed by atoms with E-state index in [0.29, 0.717) is 29.6 Å². The summed E-state index contributed by atoms with van der Waals surface area (Å²) in [7, 11) is 1.65. The molecule has 0 radical (unpaired) electrons. The summed E-state index contributed by atoms with van der Waals surface area (Å²) in [5.74, 6) is 3.53. The second-order valence-electron chi connectivity index (χ2n) is 9.11. The molecule has 0 aliphatic rings. The van der Waals surface area contributed by atoms with Gasteiger partial charge in [-0.2, -0.15) is 0 Å². The van der Waals surface area contributed by atoms with E-state index in [4.69, 9.17) is 14.5 Å². The summed E-state index contributed by atoms with van der Waals surface area (Å²) in [6.07, 6.45) is 2.38. The standard InChI is InChI=1S/C32H28N6O2/c1-39-28-15-9-8-14-27(28)36-30-29-31(34-22-33-30)38(21-20-23-10-4-2-5-11-23)32(37-29)35-24-16-18-26(19-17-24)40-25-12-6-3-7-13-25/h2-19,22H,20-21H2,1H3,(H,35,37)(H,33,34,36). The van der Waals surface area contributed by atoms with Gasteiger partial charge in [0.1, 0.15) is 23.6 Å². The number of fused-ring (bicyclic) bond motifs is 1. The maximum absolute atomic E-state index is 5.95. The van der Waals surface area contributed by atoms with Crippen LogP contribution < -0.4 is 20.1 Å². The fraction of sp³-hybridized carbons (Fsp3) is 0.0938. The Morgan fingerprint density at radius 3 is 2.20 bits per heavy atom. The first-order chi connectivity index (χ1) is 19.8. The van der Waals surface area contributed by atoms with Crippen LogP contribution in [0.2, 0.25) is 0 Å². The molecule has 4 aromatic carbocycles. The van der Waals surface area contributed by atoms with Crippen molar-refractivity contribution in [3.05, 3.63) is 121 Å². The maximum Gasteiger partial charge on any atom is 0.209 e. The van der Waals surface area contributed by atoms with Crippen molar-refractivity contribution in [2.45, 2.75) is 13.0 Å². The molecule has 0 fully saturated rings. The molecule has 2 aromatic heterocycles. The fourth-order valence-electron chi connectivity index (χ4n) is 4.46. The van der Waals surface area contributed by atoms with Crippen LogP contribution in [0.4, 0.5) is 23.1 Å². The van der Waals surface area contributed by atoms with E-state index in [1.54, 1.807) is 13.4 Å². The largest absolute Gasteiger partial charge is 0.495 e. The minimum absolute atomic E-state index is 0.600. The average Bonchev–Trinajstić information content (AvgIpc) is 3.36. The van der Waals surface area contributed by atoms with Crippen LogP contribution >= 0.6 is 0 Å². The van der Waals surface area contributed by atoms with Crippen molar-refractivity contribution in [3.8, 4) is 17.2 Å². The zero-order chi connectivity index (χ0) is 27.1. The topological polar surface area (TPSA) is 86.1 Å². The number of nitrogens with zero attached hydrogens (tertiary/aromatic N) is 4. The number of benzene rings is 4. The van der Waals surface area contributed by atoms with E-state index in [2.05, 4.69) is 49.4 Å². The molecule has 0 amide bonds. The number of imidazole rings is 1. The van der Waals surface area contributed by atoms with E-state index in [9.17, 15) is 0 Å². The molecule has 6 aromatic rings. The van der Waals surface area contributed by atoms with Gasteiger partial charge in [-0.05, 0) is 60.5 Å². The molecule has 0 atom stereocenters. The van der Waals surface area contributed by atoms with Gasteiger partial charge in [0.25, 0.3) is 0 Å². The lowest BCUT2D eigenvalue weighted by Gasteiger charge is -2.12. The molecular formula is C32H28N6O2. The van der Waals surface area contributed by atoms with Gasteiger partial charge in [0.05, 0.1) is 12.8 Å². The minimum Gasteiger partial charge on any atom is -0.495 e. The molecule has 2 heterocycles. The van der Waals surface area contributed by atoms with Gasteiger partial charge in [-0.15, -0.1) is 0 Å². The number of aryl methyl sites for hydroxylation is 2. The van der Waals surface area contributed by atoms with E-state index in [1.165, 1.54) is 5.56 Å². The first-order valence-corrected chi connectivity index (χ1v) is 13.0. The smallest absolute Gasteiger partial charge is 0.209 e. The molecule has 2 N–H and O–H groups in total. The van der Waals surface area contributed by atoms with E-state index in [-0.39, 0.29) is 0 Å². The maximum atomic E-state index is 5.95. The highest BCUT2D eigenvalue weighted by molar-refractivity contribution is 5.88. The minimum atomic E-state index is 0.600. The quantitative estimate of drug-likeness (QED) is 0.192. The van der Waals surface area contributed by atoms with Crippen molar-refractivity contribution in [1.29, 1.82) is 0 Å². The predicted octanol–water partition coefficient (Wildman–Crippen LogP) is 7.36. The number of hydrogen-bond donors (Lipinski definition) is 2. The van der Waals surface area contributed by atoms with Crippen LogP contribution in [0.1, 0.15) is 5.56 Å². The Morgan fingerprint density at radius 1 is 0.725 bits per heavy atom. The SMILES string of the molecule is COc1ccccc1Nc1ncnc2c1nc(Nc1ccc(Oc3ccccc3)cc1)n2CCc1ccccc1. The monoisotopic (exact) mass is 528 g/mol. The molecule has 0 saturated heterocycles. The zero-order valence-corrected chi connectivity index (χ0v) is 22.0. The Kier molecular flexibility index (Phi) is 7.21. The molecular weight excluding hydrogens is 500 g/mol. The lowest BCUT2D eigenvalue weighted by molar-refractivity contribution is 0.417. The van der Waals surface area contributed by atoms with E-state index < -0.39 is 0 Å². The fourth-order valence-corrected chi connectivity index (χ4v) is 4.46. The number of rotatable bonds is 10. The second-order valence-corrected chi connectivity index (χ2v) is 9.11. The molecule has 0 saturated carbocycles. The molecule has 0 aliphatic carbocycles. The highest BCUT2D eigenvalue weighted by Crippen LogP contribution is 2.31. The molecule has 0 bridgehead atoms. The van der Waals surface area contributed by atoms with Gasteiger partial charge in [-0.1, -0.05) is 60.7 Å². The van der Waals surface area contributed by atoms with Gasteiger partial charge >= 0.3 is 0 Å². The summed E-state index contributed by atoms with van der Waals surface area (Å²) in [5, 5.41) is 6.86. The highest BCUT2D eigenvalue weighted by atomic mass is 16.5. The van der Waals surface area contributed by atoms with Crippen LogP contribution in [0.5, 0.6) is 17.2 Å². The van der Waals surface area contributed by atoms with Crippen LogP contribution in [0.25, 0.3) is 11.2 Å². The van der Waals surface area contributed by atoms with Crippen LogP contribution in [-0.2, 0) is 13.0 Å². The first kappa shape index (κ1) is 24.9. The van der Waals surface area contributed by atoms with Gasteiger partial charge < -0.3 is 20.1 Å². The molecule has 8 heteroatoms. The summed E-state index contributed by atoms with van der Waals surface area (Å²) < 4.78 is 13.6. The predicted molar refractivity (Wildman–Crippen MR) is 158 cm³/mol. The number of nitrogens with one attached hydrogen (secondary N) is 2. The van der Waals surface area contributed by atoms with Crippen molar-refractivity contribution < 1.29 is 9.47 Å². The van der Waals surface area contributed by atoms with Gasteiger partial charge in [-0.3, -0.25) is 4.57 Å². The third-order valence-corrected chi connectivity index (χ3v) is 6.45. The number of anilines is 4. The molecule has 0 aliphatic heterocycles. The Balaban J connectivity index is 1.32. The first-order valence-electron chi connectivity index (χ1n) is 13.0. The molecule has 198 valence electrons. The summed E-state index contributed by atoms with van der Waals surface area (Å²) in [4.78, 5) is 14.1. The lowest BCUT2D eigenvalue weighted by Crippen LogP contribution is -2.07. The molecule has 6 rings (SSSR count). The van der Waals surface area contributed by atoms with E-state index in [0.717, 1.165) is 34.9 Å². The zero-order valence-electron chi connectivity index (χ0n) is 22.0. The number of methoxy groups -OCH3 is 1. The van der Waals surface area contributed by atoms with Crippen molar-refractivity contribution in [1.82, 2.24) is 19.5 Å². The Bertz CT molecular complexity index is 1700. The molecule has 8 nitrogen and oxygen atoms in total. The van der Waals surface area contributed by atoms with Crippen LogP contribution in [0.3, 0.4) is 0 Å². The van der Waals surface area contributed by atoms with E-state index >= 15 is 0 Å². The number of hydrogen-bond acceptors (Lipinski definition) is 7. The third-order valence-electron chi connectivity index (χ3n) is 6.45. The molecule has 0 unspecified atom stereocenters. The van der Waals surface area contributed by atoms with Crippen LogP contribution in [0, 0.1) is 0 Å². The van der Waals surface area contributed by atoms with Crippen molar-refractivity contribution in [3.63, 3.8) is 0 Å². The Morgan fingerprint density at radius 2 is 1.43 bits per heavy atom. The summed E-state index contributed by atoms with van der Waals surface area (Å²) in [6, 6.07) is 35.6. The lowest BCUT2D eigenvalue weighted by atomic mass is 10.1. The van der Waals surface area contributed by atoms with Crippen molar-refractivity contribution in [2.75, 3.05) is 17.7 Å². The number of ether oxygens (including phenoxy) is 2. The summed E-state index contributed by atoms with van der Waals surface area (Å²) in [6.45, 7) is 0.684. The van der Waals surface area contributed by atoms with Gasteiger partial charge in [0.2, 0.25) is 5.95 Å². The Labute approximate surface area is 232 Å². The molecule has 40 heavy (non-hydrogen) atoms. The second kappa shape index (κ2) is 11.6. The molecule has 0 spiro atoms. The normalized spacial score (nSPS) is 10.8. The average molecular weight is 529 g/mol. The van der Waals surface area contributed by atoms with Crippen molar-refractivity contribution >= 4 is 34.3 Å². The summed E-state index contributed by atoms with van der Waals surface area (Å²) in [5.41, 5.74) is 4.30. The van der Waals surface area contributed by atoms with Crippen LogP contribution in [0.15, 0.2) is 116 Å². The van der Waals surface area contributed by atoms with Gasteiger partial charge in [-0.25, -0.2) is 15.0 Å². The van der Waals surface area contributed by atoms with Gasteiger partial charge in [0, 0.05) is 12.2 Å². The van der Waals surface area contributed by atoms with E-state index in [1.807, 2.05) is 84.9 Å². The number of aromatic nitrogens is 4.